The number of nitrogens with zero attached hydrogens (tertiary/aromatic N) is 1. The minimum atomic E-state index is 0.282. The topological polar surface area (TPSA) is 31.2 Å². The second kappa shape index (κ2) is 4.31. The van der Waals surface area contributed by atoms with E-state index in [4.69, 9.17) is 12.7 Å². The molecule has 0 bridgehead atoms. The lowest BCUT2D eigenvalue weighted by Gasteiger charge is -2.14. The molecule has 0 saturated heterocycles. The molecule has 3 nitrogen and oxygen atoms in total. The number of aldehydes is 1. The molecule has 0 amide bonds. The number of hydrogen-bond donors (Lipinski definition) is 0. The molecule has 3 rings (SSSR count). The van der Waals surface area contributed by atoms with E-state index in [-0.39, 0.29) is 6.73 Å². The van der Waals surface area contributed by atoms with Crippen LogP contribution < -0.4 is 0 Å². The lowest BCUT2D eigenvalue weighted by molar-refractivity contribution is 0.112. The van der Waals surface area contributed by atoms with E-state index in [1.807, 2.05) is 41.0 Å². The Labute approximate surface area is 105 Å². The van der Waals surface area contributed by atoms with Crippen LogP contribution in [-0.2, 0) is 11.4 Å². The number of hydrogen-bond acceptors (Lipinski definition) is 2. The van der Waals surface area contributed by atoms with Crippen LogP contribution in [0.25, 0.3) is 21.8 Å². The van der Waals surface area contributed by atoms with Crippen LogP contribution in [0.1, 0.15) is 10.4 Å². The van der Waals surface area contributed by atoms with E-state index in [0.29, 0.717) is 5.56 Å². The Kier molecular flexibility index (Phi) is 2.65. The molecule has 0 aliphatic heterocycles. The Hall–Kier alpha value is -2.07. The first kappa shape index (κ1) is 11.0. The highest BCUT2D eigenvalue weighted by molar-refractivity contribution is 6.09. The highest BCUT2D eigenvalue weighted by Gasteiger charge is 2.09. The van der Waals surface area contributed by atoms with Crippen LogP contribution in [0, 0.1) is 0 Å². The lowest BCUT2D eigenvalue weighted by atomic mass is 10.1. The van der Waals surface area contributed by atoms with E-state index < -0.39 is 0 Å². The molecule has 2 aromatic carbocycles. The molecule has 4 heteroatoms. The molecule has 0 aliphatic carbocycles. The summed E-state index contributed by atoms with van der Waals surface area (Å²) < 4.78 is 6.74. The predicted molar refractivity (Wildman–Crippen MR) is 71.7 cm³/mol. The van der Waals surface area contributed by atoms with Gasteiger partial charge in [0, 0.05) is 16.3 Å². The summed E-state index contributed by atoms with van der Waals surface area (Å²) >= 11 is 0. The summed E-state index contributed by atoms with van der Waals surface area (Å²) in [7, 11) is 5.18. The van der Waals surface area contributed by atoms with Gasteiger partial charge in [-0.15, -0.1) is 0 Å². The fraction of sp³-hybridized carbons (Fsp3) is 0.0714. The van der Waals surface area contributed by atoms with E-state index in [9.17, 15) is 4.79 Å². The second-order valence-corrected chi connectivity index (χ2v) is 4.14. The molecule has 3 aromatic rings. The monoisotopic (exact) mass is 235 g/mol. The van der Waals surface area contributed by atoms with E-state index in [2.05, 4.69) is 0 Å². The Balaban J connectivity index is 2.45. The van der Waals surface area contributed by atoms with Crippen molar-refractivity contribution in [3.8, 4) is 0 Å². The predicted octanol–water partition coefficient (Wildman–Crippen LogP) is 2.66. The van der Waals surface area contributed by atoms with Gasteiger partial charge in [0.2, 0.25) is 0 Å². The molecular weight excluding hydrogens is 225 g/mol. The maximum absolute atomic E-state index is 10.9. The van der Waals surface area contributed by atoms with Crippen molar-refractivity contribution in [2.75, 3.05) is 0 Å². The summed E-state index contributed by atoms with van der Waals surface area (Å²) in [5.74, 6) is 0. The largest absolute Gasteiger partial charge is 0.687 e. The van der Waals surface area contributed by atoms with Crippen LogP contribution in [-0.4, -0.2) is 18.9 Å². The third-order valence-electron chi connectivity index (χ3n) is 3.14. The summed E-state index contributed by atoms with van der Waals surface area (Å²) in [6.45, 7) is 0.282. The fourth-order valence-electron chi connectivity index (χ4n) is 2.36. The number of carbonyl (C=O) groups excluding carboxylic acids is 1. The minimum absolute atomic E-state index is 0.282. The molecule has 0 spiro atoms. The van der Waals surface area contributed by atoms with Gasteiger partial charge in [0.25, 0.3) is 0 Å². The van der Waals surface area contributed by atoms with Crippen LogP contribution in [0.4, 0.5) is 0 Å². The molecule has 0 aliphatic rings. The second-order valence-electron chi connectivity index (χ2n) is 4.14. The Bertz CT molecular complexity index is 733. The molecule has 0 unspecified atom stereocenters. The van der Waals surface area contributed by atoms with Gasteiger partial charge in [-0.1, -0.05) is 18.2 Å². The van der Waals surface area contributed by atoms with Crippen LogP contribution >= 0.6 is 0 Å². The van der Waals surface area contributed by atoms with Crippen molar-refractivity contribution in [2.45, 2.75) is 6.73 Å². The average Bonchev–Trinajstić information content (AvgIpc) is 2.74. The summed E-state index contributed by atoms with van der Waals surface area (Å²) in [4.78, 5) is 10.9. The first-order valence-electron chi connectivity index (χ1n) is 5.63. The summed E-state index contributed by atoms with van der Waals surface area (Å²) in [5, 5.41) is 2.13. The van der Waals surface area contributed by atoms with Gasteiger partial charge in [-0.05, 0) is 24.3 Å². The molecule has 18 heavy (non-hydrogen) atoms. The van der Waals surface area contributed by atoms with E-state index in [0.717, 1.165) is 28.1 Å². The molecule has 0 atom stereocenters. The van der Waals surface area contributed by atoms with Gasteiger partial charge in [0.05, 0.1) is 17.8 Å². The van der Waals surface area contributed by atoms with Crippen LogP contribution in [0.3, 0.4) is 0 Å². The summed E-state index contributed by atoms with van der Waals surface area (Å²) in [6, 6.07) is 13.6. The lowest BCUT2D eigenvalue weighted by Crippen LogP contribution is -1.99. The van der Waals surface area contributed by atoms with Gasteiger partial charge in [-0.2, -0.15) is 0 Å². The van der Waals surface area contributed by atoms with Gasteiger partial charge in [-0.3, -0.25) is 4.79 Å². The van der Waals surface area contributed by atoms with Crippen LogP contribution in [0.2, 0.25) is 0 Å². The minimum Gasteiger partial charge on any atom is -0.687 e. The van der Waals surface area contributed by atoms with E-state index >= 15 is 0 Å². The number of para-hydroxylation sites is 1. The third-order valence-corrected chi connectivity index (χ3v) is 3.14. The van der Waals surface area contributed by atoms with E-state index in [1.165, 1.54) is 0 Å². The van der Waals surface area contributed by atoms with Gasteiger partial charge < -0.3 is 17.3 Å². The zero-order chi connectivity index (χ0) is 12.5. The summed E-state index contributed by atoms with van der Waals surface area (Å²) in [5.41, 5.74) is 2.72. The molecule has 0 fully saturated rings. The number of benzene rings is 2. The molecule has 87 valence electrons. The SMILES string of the molecule is [B-]OCn1c2ccccc2c2cc(C=O)ccc21. The Morgan fingerprint density at radius 2 is 1.89 bits per heavy atom. The van der Waals surface area contributed by atoms with Crippen LogP contribution in [0.5, 0.6) is 0 Å². The van der Waals surface area contributed by atoms with Crippen molar-refractivity contribution in [2.24, 2.45) is 0 Å². The molecule has 3 radical (unpaired) electrons. The number of fused-ring (bicyclic) bond motifs is 3. The molecule has 0 saturated carbocycles. The third kappa shape index (κ3) is 1.54. The van der Waals surface area contributed by atoms with Crippen molar-refractivity contribution >= 4 is 36.1 Å². The smallest absolute Gasteiger partial charge is 0.150 e. The van der Waals surface area contributed by atoms with Crippen molar-refractivity contribution in [3.63, 3.8) is 0 Å². The van der Waals surface area contributed by atoms with Crippen molar-refractivity contribution in [3.05, 3.63) is 48.0 Å². The maximum Gasteiger partial charge on any atom is 0.150 e. The zero-order valence-corrected chi connectivity index (χ0v) is 9.67. The molecular formula is C14H10BNO2-. The van der Waals surface area contributed by atoms with Gasteiger partial charge >= 0.3 is 0 Å². The first-order valence-corrected chi connectivity index (χ1v) is 5.63. The highest BCUT2D eigenvalue weighted by atomic mass is 16.4. The van der Waals surface area contributed by atoms with Gasteiger partial charge in [0.15, 0.2) is 0 Å². The van der Waals surface area contributed by atoms with Crippen molar-refractivity contribution in [1.29, 1.82) is 0 Å². The van der Waals surface area contributed by atoms with Crippen LogP contribution in [0.15, 0.2) is 42.5 Å². The number of carbonyl (C=O) groups is 1. The molecule has 0 N–H and O–H groups in total. The zero-order valence-electron chi connectivity index (χ0n) is 9.67. The van der Waals surface area contributed by atoms with Gasteiger partial charge in [-0.25, -0.2) is 0 Å². The van der Waals surface area contributed by atoms with Crippen molar-refractivity contribution in [1.82, 2.24) is 4.57 Å². The Morgan fingerprint density at radius 1 is 1.11 bits per heavy atom. The average molecular weight is 235 g/mol. The molecule has 1 heterocycles. The maximum atomic E-state index is 10.9. The van der Waals surface area contributed by atoms with Crippen molar-refractivity contribution < 1.29 is 9.45 Å². The highest BCUT2D eigenvalue weighted by Crippen LogP contribution is 2.29. The van der Waals surface area contributed by atoms with E-state index in [1.54, 1.807) is 6.07 Å². The summed E-state index contributed by atoms with van der Waals surface area (Å²) in [6.07, 6.45) is 0.852. The molecule has 1 aromatic heterocycles. The Morgan fingerprint density at radius 3 is 2.67 bits per heavy atom. The fourth-order valence-corrected chi connectivity index (χ4v) is 2.36. The quantitative estimate of drug-likeness (QED) is 0.516. The van der Waals surface area contributed by atoms with Gasteiger partial charge in [0.1, 0.15) is 6.29 Å². The number of rotatable bonds is 3. The normalized spacial score (nSPS) is 11.2. The number of aromatic nitrogens is 1. The first-order chi connectivity index (χ1) is 8.85. The standard InChI is InChI=1S/C14H10BNO2/c15-18-9-16-13-4-2-1-3-11(13)12-7-10(8-17)5-6-14(12)16/h1-8H,9H2/q-1.